The number of ether oxygens (including phenoxy) is 3. The number of hydroxylamine groups is 1. The van der Waals surface area contributed by atoms with E-state index in [4.69, 9.17) is 19.4 Å². The number of hydrogen-bond acceptors (Lipinski definition) is 7. The number of para-hydroxylation sites is 1. The fraction of sp³-hybridized carbons (Fsp3) is 0.409. The molecule has 1 aliphatic heterocycles. The lowest BCUT2D eigenvalue weighted by molar-refractivity contribution is -0.139. The van der Waals surface area contributed by atoms with Crippen LogP contribution in [0.3, 0.4) is 0 Å². The summed E-state index contributed by atoms with van der Waals surface area (Å²) >= 11 is 0. The molecule has 0 radical (unpaired) electrons. The fourth-order valence-electron chi connectivity index (χ4n) is 3.62. The third-order valence-corrected chi connectivity index (χ3v) is 7.99. The lowest BCUT2D eigenvalue weighted by Crippen LogP contribution is -2.54. The van der Waals surface area contributed by atoms with Gasteiger partial charge in [-0.2, -0.15) is 13.2 Å². The molecule has 1 amide bonds. The maximum absolute atomic E-state index is 13.2. The molecule has 0 bridgehead atoms. The Morgan fingerprint density at radius 2 is 1.65 bits per heavy atom. The van der Waals surface area contributed by atoms with E-state index in [1.807, 2.05) is 0 Å². The highest BCUT2D eigenvalue weighted by molar-refractivity contribution is 7.93. The van der Waals surface area contributed by atoms with Crippen LogP contribution in [0.2, 0.25) is 0 Å². The molecule has 12 heteroatoms. The van der Waals surface area contributed by atoms with E-state index in [2.05, 4.69) is 0 Å². The molecule has 1 aliphatic rings. The van der Waals surface area contributed by atoms with E-state index < -0.39 is 32.2 Å². The van der Waals surface area contributed by atoms with Gasteiger partial charge in [-0.05, 0) is 49.2 Å². The summed E-state index contributed by atoms with van der Waals surface area (Å²) in [5, 5.41) is 9.08. The standard InChI is InChI=1S/C22H24F3NO7S/c23-22(24,25)18-4-1-2-5-19(18)33-13-3-12-32-16-6-8-17(9-7-16)34(29,30)21(20(27)26-28)10-14-31-15-11-21/h1-2,4-9,28H,3,10-15H2,(H,26,27). The second kappa shape index (κ2) is 10.6. The average Bonchev–Trinajstić information content (AvgIpc) is 2.83. The molecule has 186 valence electrons. The molecule has 1 saturated heterocycles. The summed E-state index contributed by atoms with van der Waals surface area (Å²) in [6, 6.07) is 10.3. The highest BCUT2D eigenvalue weighted by Crippen LogP contribution is 2.37. The fourth-order valence-corrected chi connectivity index (χ4v) is 5.56. The van der Waals surface area contributed by atoms with Crippen molar-refractivity contribution >= 4 is 15.7 Å². The number of nitrogens with one attached hydrogen (secondary N) is 1. The van der Waals surface area contributed by atoms with Crippen molar-refractivity contribution in [2.24, 2.45) is 0 Å². The zero-order valence-electron chi connectivity index (χ0n) is 18.0. The number of halogens is 3. The van der Waals surface area contributed by atoms with Crippen LogP contribution in [0.5, 0.6) is 11.5 Å². The van der Waals surface area contributed by atoms with E-state index in [1.165, 1.54) is 47.9 Å². The Morgan fingerprint density at radius 3 is 2.26 bits per heavy atom. The Kier molecular flexibility index (Phi) is 8.05. The molecule has 0 saturated carbocycles. The number of sulfone groups is 1. The lowest BCUT2D eigenvalue weighted by atomic mass is 9.98. The van der Waals surface area contributed by atoms with E-state index in [0.29, 0.717) is 5.75 Å². The van der Waals surface area contributed by atoms with E-state index in [9.17, 15) is 26.4 Å². The molecular formula is C22H24F3NO7S. The number of carbonyl (C=O) groups is 1. The molecule has 2 N–H and O–H groups in total. The third kappa shape index (κ3) is 5.45. The Bertz CT molecular complexity index is 1080. The summed E-state index contributed by atoms with van der Waals surface area (Å²) in [6.45, 7) is 0.224. The maximum atomic E-state index is 13.2. The molecule has 0 aliphatic carbocycles. The predicted octanol–water partition coefficient (Wildman–Crippen LogP) is 3.38. The van der Waals surface area contributed by atoms with E-state index in [-0.39, 0.29) is 56.3 Å². The second-order valence-electron chi connectivity index (χ2n) is 7.57. The maximum Gasteiger partial charge on any atom is 0.419 e. The first kappa shape index (κ1) is 25.8. The Hall–Kier alpha value is -2.83. The first-order chi connectivity index (χ1) is 16.1. The number of carbonyl (C=O) groups excluding carboxylic acids is 1. The van der Waals surface area contributed by atoms with Crippen LogP contribution in [-0.2, 0) is 25.5 Å². The highest BCUT2D eigenvalue weighted by Gasteiger charge is 2.52. The van der Waals surface area contributed by atoms with Crippen LogP contribution in [0.15, 0.2) is 53.4 Å². The minimum atomic E-state index is -4.52. The molecule has 34 heavy (non-hydrogen) atoms. The molecule has 3 rings (SSSR count). The first-order valence-corrected chi connectivity index (χ1v) is 11.9. The number of benzene rings is 2. The molecule has 8 nitrogen and oxygen atoms in total. The molecule has 1 fully saturated rings. The van der Waals surface area contributed by atoms with Gasteiger partial charge in [-0.3, -0.25) is 10.0 Å². The number of hydrogen-bond donors (Lipinski definition) is 2. The van der Waals surface area contributed by atoms with Crippen molar-refractivity contribution in [1.29, 1.82) is 0 Å². The van der Waals surface area contributed by atoms with Gasteiger partial charge < -0.3 is 14.2 Å². The van der Waals surface area contributed by atoms with E-state index in [1.54, 1.807) is 0 Å². The summed E-state index contributed by atoms with van der Waals surface area (Å²) < 4.78 is 79.4. The number of rotatable bonds is 9. The van der Waals surface area contributed by atoms with Crippen molar-refractivity contribution in [3.05, 3.63) is 54.1 Å². The van der Waals surface area contributed by atoms with Crippen LogP contribution in [0, 0.1) is 0 Å². The molecule has 2 aromatic rings. The van der Waals surface area contributed by atoms with Gasteiger partial charge in [0.25, 0.3) is 5.91 Å². The van der Waals surface area contributed by atoms with Crippen molar-refractivity contribution in [3.8, 4) is 11.5 Å². The predicted molar refractivity (Wildman–Crippen MR) is 113 cm³/mol. The SMILES string of the molecule is O=C(NO)C1(S(=O)(=O)c2ccc(OCCCOc3ccccc3C(F)(F)F)cc2)CCOCC1. The smallest absolute Gasteiger partial charge is 0.419 e. The summed E-state index contributed by atoms with van der Waals surface area (Å²) in [5.74, 6) is -0.941. The van der Waals surface area contributed by atoms with Gasteiger partial charge in [0.05, 0.1) is 23.7 Å². The van der Waals surface area contributed by atoms with Gasteiger partial charge in [0.1, 0.15) is 11.5 Å². The summed E-state index contributed by atoms with van der Waals surface area (Å²) in [5.41, 5.74) is 0.597. The minimum absolute atomic E-state index is 0.0135. The van der Waals surface area contributed by atoms with Gasteiger partial charge in [-0.25, -0.2) is 13.9 Å². The summed E-state index contributed by atoms with van der Waals surface area (Å²) in [6.07, 6.45) is -4.43. The van der Waals surface area contributed by atoms with Crippen LogP contribution in [-0.4, -0.2) is 50.7 Å². The van der Waals surface area contributed by atoms with Gasteiger partial charge in [-0.15, -0.1) is 0 Å². The largest absolute Gasteiger partial charge is 0.493 e. The van der Waals surface area contributed by atoms with Crippen molar-refractivity contribution in [2.75, 3.05) is 26.4 Å². The molecule has 0 atom stereocenters. The van der Waals surface area contributed by atoms with Gasteiger partial charge >= 0.3 is 6.18 Å². The van der Waals surface area contributed by atoms with Crippen LogP contribution >= 0.6 is 0 Å². The van der Waals surface area contributed by atoms with Gasteiger partial charge in [-0.1, -0.05) is 12.1 Å². The topological polar surface area (TPSA) is 111 Å². The van der Waals surface area contributed by atoms with E-state index >= 15 is 0 Å². The Balaban J connectivity index is 1.58. The molecule has 0 aromatic heterocycles. The summed E-state index contributed by atoms with van der Waals surface area (Å²) in [7, 11) is -4.15. The lowest BCUT2D eigenvalue weighted by Gasteiger charge is -2.34. The van der Waals surface area contributed by atoms with Crippen LogP contribution in [0.1, 0.15) is 24.8 Å². The summed E-state index contributed by atoms with van der Waals surface area (Å²) in [4.78, 5) is 12.1. The third-order valence-electron chi connectivity index (χ3n) is 5.47. The van der Waals surface area contributed by atoms with Crippen LogP contribution in [0.4, 0.5) is 13.2 Å². The Labute approximate surface area is 194 Å². The van der Waals surface area contributed by atoms with Gasteiger partial charge in [0.2, 0.25) is 0 Å². The molecule has 0 spiro atoms. The van der Waals surface area contributed by atoms with Crippen molar-refractivity contribution in [1.82, 2.24) is 5.48 Å². The molecule has 0 unspecified atom stereocenters. The first-order valence-electron chi connectivity index (χ1n) is 10.4. The quantitative estimate of drug-likeness (QED) is 0.307. The number of amides is 1. The molecular weight excluding hydrogens is 479 g/mol. The van der Waals surface area contributed by atoms with Crippen molar-refractivity contribution < 1.29 is 45.8 Å². The zero-order chi connectivity index (χ0) is 24.8. The molecule has 2 aromatic carbocycles. The monoisotopic (exact) mass is 503 g/mol. The molecule has 1 heterocycles. The van der Waals surface area contributed by atoms with Gasteiger partial charge in [0, 0.05) is 19.6 Å². The van der Waals surface area contributed by atoms with Crippen LogP contribution in [0.25, 0.3) is 0 Å². The van der Waals surface area contributed by atoms with Gasteiger partial charge in [0.15, 0.2) is 14.6 Å². The van der Waals surface area contributed by atoms with Crippen molar-refractivity contribution in [2.45, 2.75) is 35.1 Å². The number of alkyl halides is 3. The second-order valence-corrected chi connectivity index (χ2v) is 9.83. The zero-order valence-corrected chi connectivity index (χ0v) is 18.8. The highest BCUT2D eigenvalue weighted by atomic mass is 32.2. The normalized spacial score (nSPS) is 16.0. The van der Waals surface area contributed by atoms with Crippen molar-refractivity contribution in [3.63, 3.8) is 0 Å². The average molecular weight is 503 g/mol. The van der Waals surface area contributed by atoms with Crippen LogP contribution < -0.4 is 15.0 Å². The van der Waals surface area contributed by atoms with E-state index in [0.717, 1.165) is 6.07 Å². The Morgan fingerprint density at radius 1 is 1.03 bits per heavy atom. The minimum Gasteiger partial charge on any atom is -0.493 e.